The van der Waals surface area contributed by atoms with Crippen LogP contribution in [0.1, 0.15) is 40.6 Å². The first-order valence-corrected chi connectivity index (χ1v) is 15.0. The molecule has 0 spiro atoms. The molecule has 0 radical (unpaired) electrons. The molecule has 0 atom stereocenters. The number of aromatic nitrogens is 1. The number of hydrogen-bond donors (Lipinski definition) is 0. The van der Waals surface area contributed by atoms with Crippen molar-refractivity contribution in [3.05, 3.63) is 74.5 Å². The van der Waals surface area contributed by atoms with Crippen molar-refractivity contribution in [3.8, 4) is 5.69 Å². The Morgan fingerprint density at radius 1 is 1.00 bits per heavy atom. The summed E-state index contributed by atoms with van der Waals surface area (Å²) in [6, 6.07) is 11.4. The number of nitrogens with zero attached hydrogens (tertiary/aromatic N) is 3. The number of likely N-dealkylation sites (N-methyl/N-ethyl adjacent to an activating group) is 1. The standard InChI is InChI=1S/C29H32BrN3O4S/c1-6-32-27-8-7-24(38(35,36)31-9-11-37-12-10-31)17-25(27)26(29(32)34)16-22-15-20(4)33(21(22)5)23-13-18(2)28(30)19(3)14-23/h7-8,13-17H,6,9-12H2,1-5H3/b26-16+. The van der Waals surface area contributed by atoms with Crippen molar-refractivity contribution < 1.29 is 17.9 Å². The summed E-state index contributed by atoms with van der Waals surface area (Å²) in [6.07, 6.45) is 1.90. The van der Waals surface area contributed by atoms with E-state index in [-0.39, 0.29) is 10.8 Å². The predicted molar refractivity (Wildman–Crippen MR) is 154 cm³/mol. The van der Waals surface area contributed by atoms with E-state index in [1.54, 1.807) is 23.1 Å². The minimum atomic E-state index is -3.69. The summed E-state index contributed by atoms with van der Waals surface area (Å²) in [7, 11) is -3.69. The molecular formula is C29H32BrN3O4S. The van der Waals surface area contributed by atoms with Gasteiger partial charge in [-0.05, 0) is 93.8 Å². The highest BCUT2D eigenvalue weighted by molar-refractivity contribution is 9.10. The third-order valence-electron chi connectivity index (χ3n) is 7.40. The Hall–Kier alpha value is -2.72. The molecule has 7 nitrogen and oxygen atoms in total. The number of ether oxygens (including phenoxy) is 1. The van der Waals surface area contributed by atoms with Crippen LogP contribution in [-0.4, -0.2) is 56.0 Å². The zero-order valence-electron chi connectivity index (χ0n) is 22.3. The molecule has 1 aromatic heterocycles. The molecule has 9 heteroatoms. The number of amides is 1. The molecule has 1 saturated heterocycles. The molecule has 200 valence electrons. The van der Waals surface area contributed by atoms with Gasteiger partial charge in [-0.25, -0.2) is 8.42 Å². The van der Waals surface area contributed by atoms with E-state index in [4.69, 9.17) is 4.74 Å². The van der Waals surface area contributed by atoms with Crippen LogP contribution in [0.2, 0.25) is 0 Å². The van der Waals surface area contributed by atoms with Gasteiger partial charge in [0.15, 0.2) is 0 Å². The van der Waals surface area contributed by atoms with Gasteiger partial charge in [0.1, 0.15) is 0 Å². The molecule has 0 aliphatic carbocycles. The number of aryl methyl sites for hydroxylation is 3. The van der Waals surface area contributed by atoms with Gasteiger partial charge in [0, 0.05) is 52.3 Å². The van der Waals surface area contributed by atoms with Gasteiger partial charge in [-0.15, -0.1) is 0 Å². The first-order chi connectivity index (χ1) is 18.0. The maximum Gasteiger partial charge on any atom is 0.258 e. The highest BCUT2D eigenvalue weighted by atomic mass is 79.9. The predicted octanol–water partition coefficient (Wildman–Crippen LogP) is 5.40. The van der Waals surface area contributed by atoms with Gasteiger partial charge >= 0.3 is 0 Å². The van der Waals surface area contributed by atoms with Crippen LogP contribution >= 0.6 is 15.9 Å². The second kappa shape index (κ2) is 10.1. The zero-order valence-corrected chi connectivity index (χ0v) is 24.7. The van der Waals surface area contributed by atoms with Crippen LogP contribution in [0.25, 0.3) is 17.3 Å². The van der Waals surface area contributed by atoms with Crippen LogP contribution < -0.4 is 4.90 Å². The first-order valence-electron chi connectivity index (χ1n) is 12.8. The highest BCUT2D eigenvalue weighted by Gasteiger charge is 2.34. The third-order valence-corrected chi connectivity index (χ3v) is 10.5. The molecule has 1 fully saturated rings. The van der Waals surface area contributed by atoms with E-state index in [0.29, 0.717) is 44.0 Å². The quantitative estimate of drug-likeness (QED) is 0.369. The van der Waals surface area contributed by atoms with E-state index in [0.717, 1.165) is 43.9 Å². The lowest BCUT2D eigenvalue weighted by Crippen LogP contribution is -2.40. The number of benzene rings is 2. The largest absolute Gasteiger partial charge is 0.379 e. The Labute approximate surface area is 232 Å². The van der Waals surface area contributed by atoms with Gasteiger partial charge in [0.25, 0.3) is 5.91 Å². The van der Waals surface area contributed by atoms with Crippen molar-refractivity contribution in [2.45, 2.75) is 39.5 Å². The van der Waals surface area contributed by atoms with Crippen LogP contribution in [0.4, 0.5) is 5.69 Å². The fourth-order valence-corrected chi connectivity index (χ4v) is 7.09. The highest BCUT2D eigenvalue weighted by Crippen LogP contribution is 2.40. The number of hydrogen-bond acceptors (Lipinski definition) is 4. The maximum absolute atomic E-state index is 13.5. The van der Waals surface area contributed by atoms with Gasteiger partial charge < -0.3 is 14.2 Å². The van der Waals surface area contributed by atoms with Gasteiger partial charge in [-0.2, -0.15) is 4.31 Å². The summed E-state index contributed by atoms with van der Waals surface area (Å²) in [6.45, 7) is 12.1. The molecule has 2 aliphatic rings. The number of anilines is 1. The number of rotatable bonds is 5. The molecule has 2 aliphatic heterocycles. The molecule has 1 amide bonds. The average molecular weight is 599 g/mol. The number of sulfonamides is 1. The Kier molecular flexibility index (Phi) is 7.15. The molecule has 0 saturated carbocycles. The molecule has 0 N–H and O–H groups in total. The molecule has 0 bridgehead atoms. The summed E-state index contributed by atoms with van der Waals surface area (Å²) in [4.78, 5) is 15.4. The normalized spacial score (nSPS) is 17.5. The van der Waals surface area contributed by atoms with Crippen molar-refractivity contribution >= 4 is 49.2 Å². The Morgan fingerprint density at radius 2 is 1.66 bits per heavy atom. The molecule has 3 aromatic rings. The number of carbonyl (C=O) groups is 1. The third kappa shape index (κ3) is 4.45. The topological polar surface area (TPSA) is 71.9 Å². The monoisotopic (exact) mass is 597 g/mol. The Balaban J connectivity index is 1.61. The zero-order chi connectivity index (χ0) is 27.4. The average Bonchev–Trinajstić information content (AvgIpc) is 3.33. The Bertz CT molecular complexity index is 1560. The number of morpholine rings is 1. The summed E-state index contributed by atoms with van der Waals surface area (Å²) >= 11 is 3.65. The summed E-state index contributed by atoms with van der Waals surface area (Å²) < 4.78 is 36.8. The second-order valence-corrected chi connectivity index (χ2v) is 12.6. The minimum absolute atomic E-state index is 0.122. The lowest BCUT2D eigenvalue weighted by molar-refractivity contribution is -0.112. The second-order valence-electron chi connectivity index (χ2n) is 9.86. The molecule has 0 unspecified atom stereocenters. The Morgan fingerprint density at radius 3 is 2.29 bits per heavy atom. The summed E-state index contributed by atoms with van der Waals surface area (Å²) in [5.74, 6) is -0.122. The van der Waals surface area contributed by atoms with Crippen molar-refractivity contribution in [3.63, 3.8) is 0 Å². The number of halogens is 1. The van der Waals surface area contributed by atoms with E-state index >= 15 is 0 Å². The minimum Gasteiger partial charge on any atom is -0.379 e. The van der Waals surface area contributed by atoms with E-state index in [9.17, 15) is 13.2 Å². The SMILES string of the molecule is CCN1C(=O)/C(=C/c2cc(C)n(-c3cc(C)c(Br)c(C)c3)c2C)c2cc(S(=O)(=O)N3CCOCC3)ccc21. The van der Waals surface area contributed by atoms with Gasteiger partial charge in [-0.3, -0.25) is 4.79 Å². The molecule has 5 rings (SSSR count). The smallest absolute Gasteiger partial charge is 0.258 e. The van der Waals surface area contributed by atoms with E-state index in [1.807, 2.05) is 19.9 Å². The lowest BCUT2D eigenvalue weighted by atomic mass is 10.0. The van der Waals surface area contributed by atoms with E-state index in [2.05, 4.69) is 59.5 Å². The van der Waals surface area contributed by atoms with Crippen LogP contribution in [0.5, 0.6) is 0 Å². The fraction of sp³-hybridized carbons (Fsp3) is 0.345. The van der Waals surface area contributed by atoms with Crippen LogP contribution in [0.15, 0.2) is 45.8 Å². The fourth-order valence-electron chi connectivity index (χ4n) is 5.42. The molecule has 3 heterocycles. The van der Waals surface area contributed by atoms with Crippen LogP contribution in [0.3, 0.4) is 0 Å². The van der Waals surface area contributed by atoms with Crippen molar-refractivity contribution in [1.29, 1.82) is 0 Å². The van der Waals surface area contributed by atoms with E-state index in [1.165, 1.54) is 4.31 Å². The van der Waals surface area contributed by atoms with Crippen LogP contribution in [0, 0.1) is 27.7 Å². The van der Waals surface area contributed by atoms with Gasteiger partial charge in [0.05, 0.1) is 23.8 Å². The van der Waals surface area contributed by atoms with Gasteiger partial charge in [-0.1, -0.05) is 15.9 Å². The molecule has 2 aromatic carbocycles. The van der Waals surface area contributed by atoms with Crippen molar-refractivity contribution in [2.75, 3.05) is 37.7 Å². The number of carbonyl (C=O) groups excluding carboxylic acids is 1. The van der Waals surface area contributed by atoms with Gasteiger partial charge in [0.2, 0.25) is 10.0 Å². The maximum atomic E-state index is 13.5. The lowest BCUT2D eigenvalue weighted by Gasteiger charge is -2.26. The van der Waals surface area contributed by atoms with Crippen LogP contribution in [-0.2, 0) is 19.6 Å². The number of fused-ring (bicyclic) bond motifs is 1. The van der Waals surface area contributed by atoms with Crippen molar-refractivity contribution in [2.24, 2.45) is 0 Å². The van der Waals surface area contributed by atoms with Crippen molar-refractivity contribution in [1.82, 2.24) is 8.87 Å². The summed E-state index contributed by atoms with van der Waals surface area (Å²) in [5, 5.41) is 0. The van der Waals surface area contributed by atoms with E-state index < -0.39 is 10.0 Å². The molecular weight excluding hydrogens is 566 g/mol. The molecule has 38 heavy (non-hydrogen) atoms. The first kappa shape index (κ1) is 26.9. The summed E-state index contributed by atoms with van der Waals surface area (Å²) in [5.41, 5.74) is 8.24.